The zero-order valence-corrected chi connectivity index (χ0v) is 23.0. The minimum Gasteiger partial charge on any atom is -0.388 e. The van der Waals surface area contributed by atoms with Crippen LogP contribution in [0.4, 0.5) is 5.95 Å². The van der Waals surface area contributed by atoms with Crippen LogP contribution in [0.5, 0.6) is 0 Å². The van der Waals surface area contributed by atoms with Crippen molar-refractivity contribution in [1.82, 2.24) is 39.0 Å². The van der Waals surface area contributed by atoms with Crippen molar-refractivity contribution in [3.05, 3.63) is 39.7 Å². The molecule has 3 aliphatic heterocycles. The molecular weight excluding hydrogens is 588 g/mol. The van der Waals surface area contributed by atoms with Crippen LogP contribution in [0.15, 0.2) is 28.6 Å². The van der Waals surface area contributed by atoms with E-state index in [2.05, 4.69) is 29.9 Å². The second-order valence-electron chi connectivity index (χ2n) is 9.37. The second kappa shape index (κ2) is 10.2. The van der Waals surface area contributed by atoms with Crippen molar-refractivity contribution in [3.8, 4) is 0 Å². The molecule has 0 aromatic carbocycles. The Bertz CT molecular complexity index is 1730. The van der Waals surface area contributed by atoms with Gasteiger partial charge in [-0.25, -0.2) is 15.0 Å². The summed E-state index contributed by atoms with van der Waals surface area (Å²) in [7, 11) is -1.88. The maximum absolute atomic E-state index is 12.2. The van der Waals surface area contributed by atoms with Gasteiger partial charge in [0.05, 0.1) is 25.1 Å². The van der Waals surface area contributed by atoms with Crippen molar-refractivity contribution < 1.29 is 28.2 Å². The average Bonchev–Trinajstić information content (AvgIpc) is 3.68. The summed E-state index contributed by atoms with van der Waals surface area (Å²) in [6.07, 6.45) is 0.541. The van der Waals surface area contributed by atoms with Crippen molar-refractivity contribution in [2.45, 2.75) is 43.5 Å². The number of imidazole rings is 2. The number of rotatable bonds is 2. The Hall–Kier alpha value is -2.79. The summed E-state index contributed by atoms with van der Waals surface area (Å²) in [5.74, 6) is -0.441. The Kier molecular flexibility index (Phi) is 6.69. The number of nitrogens with two attached hydrogens (primary N) is 1. The monoisotopic (exact) mass is 610 g/mol. The van der Waals surface area contributed by atoms with Crippen LogP contribution in [0.25, 0.3) is 22.3 Å². The maximum Gasteiger partial charge on any atom is 0.522 e. The third-order valence-electron chi connectivity index (χ3n) is 7.02. The Balaban J connectivity index is 1.12. The normalized spacial score (nSPS) is 32.8. The zero-order chi connectivity index (χ0) is 27.5. The number of ether oxygens (including phenoxy) is 2. The smallest absolute Gasteiger partial charge is 0.388 e. The van der Waals surface area contributed by atoms with Gasteiger partial charge in [0, 0.05) is 21.1 Å². The molecule has 7 heterocycles. The van der Waals surface area contributed by atoms with Crippen molar-refractivity contribution in [1.29, 1.82) is 0 Å². The van der Waals surface area contributed by atoms with E-state index >= 15 is 0 Å². The minimum atomic E-state index is -1.83. The van der Waals surface area contributed by atoms with Gasteiger partial charge in [0.15, 0.2) is 47.2 Å². The molecule has 20 heteroatoms. The molecule has 5 N–H and O–H groups in total. The predicted octanol–water partition coefficient (Wildman–Crippen LogP) is -0.246. The SMILES string of the molecule is Nc1nc2c(ncn2[C@@H]2OC3C[C@H]2O[P+](=S)OC[C@H]2O[C@@H](n4cnc5c(=O)[nH]cnc54)[C@H](O)[C@@H]2CPO3)c(=O)[nH]1. The summed E-state index contributed by atoms with van der Waals surface area (Å²) in [5, 5.41) is 11.3. The van der Waals surface area contributed by atoms with Gasteiger partial charge in [-0.15, -0.1) is 9.05 Å². The minimum absolute atomic E-state index is 0.0570. The van der Waals surface area contributed by atoms with Crippen molar-refractivity contribution in [2.24, 2.45) is 5.92 Å². The quantitative estimate of drug-likeness (QED) is 0.215. The Labute approximate surface area is 230 Å². The highest BCUT2D eigenvalue weighted by Crippen LogP contribution is 2.45. The van der Waals surface area contributed by atoms with Crippen LogP contribution in [0.2, 0.25) is 0 Å². The van der Waals surface area contributed by atoms with Gasteiger partial charge in [0.25, 0.3) is 11.1 Å². The molecule has 3 aliphatic rings. The van der Waals surface area contributed by atoms with Crippen LogP contribution in [0.1, 0.15) is 18.9 Å². The standard InChI is InChI=1S/C20H21N9O8P2S/c21-20-26-15-12(17(32)27-20)25-6-29(15)18-8-1-10(35-18)36-38-3-7-9(2-33-39(40)37-8)34-19(13(7)30)28-5-24-11-14(28)22-4-23-16(11)31/h4-10,13,18-19,30,38H,1-3H2,(H3-,21,22,23,26,27,31,32)/p+1/t7-,8-,9-,10?,13-,18-,19-/m1/s1. The van der Waals surface area contributed by atoms with Crippen molar-refractivity contribution in [3.63, 3.8) is 0 Å². The van der Waals surface area contributed by atoms with Crippen LogP contribution >= 0.6 is 16.0 Å². The highest BCUT2D eigenvalue weighted by atomic mass is 32.4. The Morgan fingerprint density at radius 1 is 1.07 bits per heavy atom. The summed E-state index contributed by atoms with van der Waals surface area (Å²) in [6, 6.07) is 0. The van der Waals surface area contributed by atoms with Crippen LogP contribution in [0, 0.1) is 5.92 Å². The van der Waals surface area contributed by atoms with Gasteiger partial charge in [-0.2, -0.15) is 4.98 Å². The molecule has 3 fully saturated rings. The molecule has 4 aromatic rings. The first-order chi connectivity index (χ1) is 19.4. The van der Waals surface area contributed by atoms with Gasteiger partial charge in [0.2, 0.25) is 17.8 Å². The number of nitrogen functional groups attached to an aromatic ring is 1. The first kappa shape index (κ1) is 26.1. The molecule has 2 bridgehead atoms. The lowest BCUT2D eigenvalue weighted by Crippen LogP contribution is -2.30. The van der Waals surface area contributed by atoms with E-state index in [1.54, 1.807) is 4.57 Å². The van der Waals surface area contributed by atoms with Gasteiger partial charge < -0.3 is 29.8 Å². The van der Waals surface area contributed by atoms with E-state index in [-0.39, 0.29) is 44.0 Å². The molecule has 0 radical (unpaired) electrons. The van der Waals surface area contributed by atoms with Gasteiger partial charge in [0.1, 0.15) is 12.7 Å². The maximum atomic E-state index is 12.2. The lowest BCUT2D eigenvalue weighted by Gasteiger charge is -2.20. The summed E-state index contributed by atoms with van der Waals surface area (Å²) in [5.41, 5.74) is 5.66. The molecule has 210 valence electrons. The summed E-state index contributed by atoms with van der Waals surface area (Å²) < 4.78 is 33.5. The predicted molar refractivity (Wildman–Crippen MR) is 142 cm³/mol. The molecule has 3 saturated heterocycles. The summed E-state index contributed by atoms with van der Waals surface area (Å²) in [6.45, 7) is 0.0572. The second-order valence-corrected chi connectivity index (χ2v) is 12.1. The number of hydrogen-bond donors (Lipinski definition) is 4. The average molecular weight is 610 g/mol. The molecular formula is C20H22N9O8P2S+. The molecule has 0 amide bonds. The molecule has 0 saturated carbocycles. The fraction of sp³-hybridized carbons (Fsp3) is 0.500. The van der Waals surface area contributed by atoms with E-state index in [0.717, 1.165) is 0 Å². The lowest BCUT2D eigenvalue weighted by atomic mass is 10.0. The molecule has 17 nitrogen and oxygen atoms in total. The van der Waals surface area contributed by atoms with E-state index < -0.39 is 55.3 Å². The number of aromatic nitrogens is 8. The van der Waals surface area contributed by atoms with Crippen LogP contribution < -0.4 is 16.9 Å². The highest BCUT2D eigenvalue weighted by Gasteiger charge is 2.48. The molecule has 3 unspecified atom stereocenters. The fourth-order valence-electron chi connectivity index (χ4n) is 5.15. The summed E-state index contributed by atoms with van der Waals surface area (Å²) >= 11 is 5.50. The van der Waals surface area contributed by atoms with Gasteiger partial charge >= 0.3 is 7.15 Å². The first-order valence-electron chi connectivity index (χ1n) is 12.1. The number of anilines is 1. The number of aliphatic hydroxyl groups is 1. The van der Waals surface area contributed by atoms with E-state index in [1.165, 1.54) is 23.5 Å². The third kappa shape index (κ3) is 4.45. The van der Waals surface area contributed by atoms with Crippen LogP contribution in [0.3, 0.4) is 0 Å². The highest BCUT2D eigenvalue weighted by molar-refractivity contribution is 8.00. The summed E-state index contributed by atoms with van der Waals surface area (Å²) in [4.78, 5) is 45.9. The number of H-pyrrole nitrogens is 2. The molecule has 7 rings (SSSR count). The molecule has 4 aromatic heterocycles. The van der Waals surface area contributed by atoms with Crippen LogP contribution in [-0.2, 0) is 34.9 Å². The molecule has 0 aliphatic carbocycles. The van der Waals surface area contributed by atoms with Gasteiger partial charge in [-0.05, 0) is 6.16 Å². The van der Waals surface area contributed by atoms with Crippen molar-refractivity contribution >= 4 is 56.0 Å². The number of hydrogen-bond acceptors (Lipinski definition) is 14. The Morgan fingerprint density at radius 2 is 1.85 bits per heavy atom. The number of nitrogens with one attached hydrogen (secondary N) is 2. The lowest BCUT2D eigenvalue weighted by molar-refractivity contribution is -0.0988. The Morgan fingerprint density at radius 3 is 2.67 bits per heavy atom. The number of fused-ring (bicyclic) bond motifs is 5. The van der Waals surface area contributed by atoms with Crippen molar-refractivity contribution in [2.75, 3.05) is 18.5 Å². The van der Waals surface area contributed by atoms with Crippen LogP contribution in [-0.4, -0.2) is 81.5 Å². The molecule has 40 heavy (non-hydrogen) atoms. The topological polar surface area (TPSA) is 220 Å². The van der Waals surface area contributed by atoms with Gasteiger partial charge in [-0.3, -0.25) is 23.7 Å². The molecule has 9 atom stereocenters. The first-order valence-corrected chi connectivity index (χ1v) is 15.4. The van der Waals surface area contributed by atoms with E-state index in [0.29, 0.717) is 18.2 Å². The number of aliphatic hydroxyl groups excluding tert-OH is 1. The largest absolute Gasteiger partial charge is 0.522 e. The number of aromatic amines is 2. The van der Waals surface area contributed by atoms with E-state index in [4.69, 9.17) is 40.6 Å². The zero-order valence-electron chi connectivity index (χ0n) is 20.3. The third-order valence-corrected chi connectivity index (χ3v) is 9.47. The van der Waals surface area contributed by atoms with Gasteiger partial charge in [-0.1, -0.05) is 0 Å². The fourth-order valence-corrected chi connectivity index (χ4v) is 7.53. The number of nitrogens with zero attached hydrogens (tertiary/aromatic N) is 6. The van der Waals surface area contributed by atoms with E-state index in [9.17, 15) is 14.7 Å². The molecule has 0 spiro atoms. The van der Waals surface area contributed by atoms with E-state index in [1.807, 2.05) is 0 Å².